The summed E-state index contributed by atoms with van der Waals surface area (Å²) in [5.74, 6) is 0.947. The van der Waals surface area contributed by atoms with Gasteiger partial charge in [-0.2, -0.15) is 0 Å². The van der Waals surface area contributed by atoms with Crippen LogP contribution in [0.3, 0.4) is 0 Å². The Morgan fingerprint density at radius 1 is 1.21 bits per heavy atom. The van der Waals surface area contributed by atoms with Gasteiger partial charge in [0, 0.05) is 17.1 Å². The second kappa shape index (κ2) is 8.85. The minimum absolute atomic E-state index is 0.289. The third kappa shape index (κ3) is 4.55. The lowest BCUT2D eigenvalue weighted by atomic mass is 9.80. The van der Waals surface area contributed by atoms with E-state index in [4.69, 9.17) is 9.39 Å². The molecule has 1 saturated carbocycles. The van der Waals surface area contributed by atoms with Crippen molar-refractivity contribution in [3.63, 3.8) is 0 Å². The first-order chi connectivity index (χ1) is 14.1. The average molecular weight is 390 g/mol. The number of pyridine rings is 1. The number of aromatic amines is 1. The van der Waals surface area contributed by atoms with E-state index in [-0.39, 0.29) is 6.10 Å². The first kappa shape index (κ1) is 19.7. The Kier molecular flexibility index (Phi) is 6.02. The number of hydrogen-bond acceptors (Lipinski definition) is 4. The standard InChI is InChI=1S/C23H27BN2O3/c1-16(22-20-12-13-25-23(20)26-14-21(22)29-24(2)27)18-8-10-19(11-9-18)28-15-17-6-4-3-5-7-17/h3-7,12-14,18-19,27H,1,8-11,15H2,2H3,(H,25,26)/t18-,19-. The molecule has 1 aliphatic rings. The van der Waals surface area contributed by atoms with E-state index >= 15 is 0 Å². The van der Waals surface area contributed by atoms with E-state index in [0.29, 0.717) is 18.3 Å². The molecule has 0 unspecified atom stereocenters. The zero-order valence-electron chi connectivity index (χ0n) is 16.8. The summed E-state index contributed by atoms with van der Waals surface area (Å²) in [6.07, 6.45) is 7.92. The lowest BCUT2D eigenvalue weighted by molar-refractivity contribution is 0.0118. The van der Waals surface area contributed by atoms with Gasteiger partial charge >= 0.3 is 7.12 Å². The molecular weight excluding hydrogens is 363 g/mol. The SMILES string of the molecule is C=C(c1c(OB(C)O)cnc2[nH]ccc12)[C@H]1CC[C@H](OCc2ccccc2)CC1. The topological polar surface area (TPSA) is 67.4 Å². The minimum Gasteiger partial charge on any atom is -0.535 e. The Labute approximate surface area is 171 Å². The van der Waals surface area contributed by atoms with Gasteiger partial charge in [0.25, 0.3) is 0 Å². The van der Waals surface area contributed by atoms with Crippen molar-refractivity contribution >= 4 is 23.7 Å². The fourth-order valence-electron chi connectivity index (χ4n) is 4.16. The molecule has 2 N–H and O–H groups in total. The average Bonchev–Trinajstić information content (AvgIpc) is 3.21. The maximum atomic E-state index is 9.73. The molecule has 29 heavy (non-hydrogen) atoms. The zero-order valence-corrected chi connectivity index (χ0v) is 16.8. The van der Waals surface area contributed by atoms with Crippen molar-refractivity contribution in [2.45, 2.75) is 45.2 Å². The molecule has 0 aliphatic heterocycles. The second-order valence-corrected chi connectivity index (χ2v) is 7.75. The molecule has 0 spiro atoms. The van der Waals surface area contributed by atoms with Crippen LogP contribution in [-0.2, 0) is 11.3 Å². The molecular formula is C23H27BN2O3. The molecule has 0 saturated heterocycles. The monoisotopic (exact) mass is 390 g/mol. The molecule has 4 rings (SSSR count). The highest BCUT2D eigenvalue weighted by Crippen LogP contribution is 2.41. The van der Waals surface area contributed by atoms with E-state index in [9.17, 15) is 5.02 Å². The third-order valence-electron chi connectivity index (χ3n) is 5.67. The lowest BCUT2D eigenvalue weighted by Crippen LogP contribution is -2.23. The molecule has 0 bridgehead atoms. The van der Waals surface area contributed by atoms with E-state index in [1.165, 1.54) is 5.56 Å². The van der Waals surface area contributed by atoms with Crippen molar-refractivity contribution in [2.24, 2.45) is 5.92 Å². The summed E-state index contributed by atoms with van der Waals surface area (Å²) in [6, 6.07) is 12.3. The van der Waals surface area contributed by atoms with Crippen LogP contribution in [0.5, 0.6) is 5.75 Å². The molecule has 1 aromatic carbocycles. The first-order valence-corrected chi connectivity index (χ1v) is 10.3. The van der Waals surface area contributed by atoms with Crippen molar-refractivity contribution in [2.75, 3.05) is 0 Å². The van der Waals surface area contributed by atoms with Crippen LogP contribution in [0, 0.1) is 5.92 Å². The summed E-state index contributed by atoms with van der Waals surface area (Å²) >= 11 is 0. The summed E-state index contributed by atoms with van der Waals surface area (Å²) in [4.78, 5) is 7.54. The highest BCUT2D eigenvalue weighted by molar-refractivity contribution is 6.41. The van der Waals surface area contributed by atoms with Crippen molar-refractivity contribution in [3.8, 4) is 5.75 Å². The summed E-state index contributed by atoms with van der Waals surface area (Å²) in [6.45, 7) is 6.69. The molecule has 0 amide bonds. The van der Waals surface area contributed by atoms with Crippen LogP contribution >= 0.6 is 0 Å². The summed E-state index contributed by atoms with van der Waals surface area (Å²) in [7, 11) is -0.901. The molecule has 2 aromatic heterocycles. The predicted molar refractivity (Wildman–Crippen MR) is 117 cm³/mol. The number of ether oxygens (including phenoxy) is 1. The predicted octanol–water partition coefficient (Wildman–Crippen LogP) is 4.84. The normalized spacial score (nSPS) is 19.2. The number of nitrogens with zero attached hydrogens (tertiary/aromatic N) is 1. The molecule has 150 valence electrons. The van der Waals surface area contributed by atoms with Gasteiger partial charge in [-0.05, 0) is 55.6 Å². The van der Waals surface area contributed by atoms with Crippen LogP contribution in [0.4, 0.5) is 0 Å². The van der Waals surface area contributed by atoms with Gasteiger partial charge in [-0.1, -0.05) is 36.9 Å². The Morgan fingerprint density at radius 3 is 2.69 bits per heavy atom. The summed E-state index contributed by atoms with van der Waals surface area (Å²) in [5.41, 5.74) is 4.02. The van der Waals surface area contributed by atoms with Crippen molar-refractivity contribution < 1.29 is 14.4 Å². The van der Waals surface area contributed by atoms with Gasteiger partial charge in [0.1, 0.15) is 11.4 Å². The number of H-pyrrole nitrogens is 1. The van der Waals surface area contributed by atoms with Crippen molar-refractivity contribution in [1.29, 1.82) is 0 Å². The number of rotatable bonds is 7. The molecule has 1 aliphatic carbocycles. The van der Waals surface area contributed by atoms with Gasteiger partial charge in [-0.3, -0.25) is 0 Å². The van der Waals surface area contributed by atoms with Gasteiger partial charge in [-0.25, -0.2) is 4.98 Å². The number of benzene rings is 1. The van der Waals surface area contributed by atoms with E-state index in [1.54, 1.807) is 13.0 Å². The Morgan fingerprint density at radius 2 is 1.97 bits per heavy atom. The van der Waals surface area contributed by atoms with Gasteiger partial charge in [-0.15, -0.1) is 0 Å². The molecule has 0 radical (unpaired) electrons. The van der Waals surface area contributed by atoms with Crippen molar-refractivity contribution in [3.05, 3.63) is 66.5 Å². The zero-order chi connectivity index (χ0) is 20.2. The second-order valence-electron chi connectivity index (χ2n) is 7.75. The molecule has 1 fully saturated rings. The van der Waals surface area contributed by atoms with Gasteiger partial charge < -0.3 is 19.4 Å². The summed E-state index contributed by atoms with van der Waals surface area (Å²) < 4.78 is 11.8. The first-order valence-electron chi connectivity index (χ1n) is 10.3. The van der Waals surface area contributed by atoms with Crippen LogP contribution in [0.1, 0.15) is 36.8 Å². The minimum atomic E-state index is -0.901. The maximum absolute atomic E-state index is 9.73. The van der Waals surface area contributed by atoms with Crippen LogP contribution < -0.4 is 4.65 Å². The molecule has 3 aromatic rings. The van der Waals surface area contributed by atoms with E-state index in [2.05, 4.69) is 28.7 Å². The number of nitrogens with one attached hydrogen (secondary N) is 1. The highest BCUT2D eigenvalue weighted by atomic mass is 16.5. The van der Waals surface area contributed by atoms with Crippen LogP contribution in [0.2, 0.25) is 6.82 Å². The number of hydrogen-bond donors (Lipinski definition) is 2. The van der Waals surface area contributed by atoms with E-state index < -0.39 is 7.12 Å². The molecule has 2 heterocycles. The Balaban J connectivity index is 1.44. The van der Waals surface area contributed by atoms with Gasteiger partial charge in [0.05, 0.1) is 18.9 Å². The smallest absolute Gasteiger partial charge is 0.519 e. The molecule has 6 heteroatoms. The quantitative estimate of drug-likeness (QED) is 0.567. The van der Waals surface area contributed by atoms with Crippen molar-refractivity contribution in [1.82, 2.24) is 9.97 Å². The Hall–Kier alpha value is -2.57. The van der Waals surface area contributed by atoms with E-state index in [0.717, 1.165) is 47.9 Å². The Bertz CT molecular complexity index is 963. The largest absolute Gasteiger partial charge is 0.535 e. The summed E-state index contributed by atoms with van der Waals surface area (Å²) in [5, 5.41) is 10.7. The van der Waals surface area contributed by atoms with Crippen LogP contribution in [-0.4, -0.2) is 28.2 Å². The number of allylic oxidation sites excluding steroid dienone is 1. The highest BCUT2D eigenvalue weighted by Gasteiger charge is 2.27. The van der Waals surface area contributed by atoms with Crippen LogP contribution in [0.15, 0.2) is 55.4 Å². The van der Waals surface area contributed by atoms with Crippen LogP contribution in [0.25, 0.3) is 16.6 Å². The number of fused-ring (bicyclic) bond motifs is 1. The van der Waals surface area contributed by atoms with Gasteiger partial charge in [0.15, 0.2) is 0 Å². The van der Waals surface area contributed by atoms with E-state index in [1.807, 2.05) is 30.5 Å². The maximum Gasteiger partial charge on any atom is 0.519 e. The van der Waals surface area contributed by atoms with Gasteiger partial charge in [0.2, 0.25) is 0 Å². The number of aromatic nitrogens is 2. The third-order valence-corrected chi connectivity index (χ3v) is 5.67. The lowest BCUT2D eigenvalue weighted by Gasteiger charge is -2.30. The fourth-order valence-corrected chi connectivity index (χ4v) is 4.16. The molecule has 5 nitrogen and oxygen atoms in total. The fraction of sp³-hybridized carbons (Fsp3) is 0.348. The molecule has 0 atom stereocenters.